The van der Waals surface area contributed by atoms with Crippen molar-refractivity contribution in [1.82, 2.24) is 0 Å². The maximum absolute atomic E-state index is 6.27. The largest absolute Gasteiger partial charge is 0.323 e. The van der Waals surface area contributed by atoms with Crippen molar-refractivity contribution < 1.29 is 0 Å². The molecule has 0 saturated heterocycles. The predicted octanol–water partition coefficient (Wildman–Crippen LogP) is 2.71. The van der Waals surface area contributed by atoms with Gasteiger partial charge in [-0.25, -0.2) is 0 Å². The van der Waals surface area contributed by atoms with Crippen molar-refractivity contribution in [2.75, 3.05) is 0 Å². The molecule has 1 fully saturated rings. The molecule has 1 saturated carbocycles. The van der Waals surface area contributed by atoms with Crippen LogP contribution in [0.1, 0.15) is 30.9 Å². The monoisotopic (exact) mass is 191 g/mol. The molecule has 1 aromatic carbocycles. The molecule has 1 aromatic rings. The number of nitrogens with two attached hydrogens (primary N) is 1. The Morgan fingerprint density at radius 2 is 2.08 bits per heavy atom. The molecule has 1 aliphatic heterocycles. The topological polar surface area (TPSA) is 26.0 Å². The van der Waals surface area contributed by atoms with Gasteiger partial charge >= 0.3 is 0 Å². The first kappa shape index (κ1) is 7.89. The van der Waals surface area contributed by atoms with Gasteiger partial charge in [-0.3, -0.25) is 0 Å². The van der Waals surface area contributed by atoms with E-state index in [1.807, 2.05) is 11.8 Å². The minimum atomic E-state index is 0.280. The predicted molar refractivity (Wildman–Crippen MR) is 55.8 cm³/mol. The van der Waals surface area contributed by atoms with Gasteiger partial charge in [-0.15, -0.1) is 11.8 Å². The number of benzene rings is 1. The van der Waals surface area contributed by atoms with Gasteiger partial charge in [0, 0.05) is 15.7 Å². The van der Waals surface area contributed by atoms with Gasteiger partial charge in [0.2, 0.25) is 0 Å². The third kappa shape index (κ3) is 0.931. The molecule has 0 radical (unpaired) electrons. The van der Waals surface area contributed by atoms with Gasteiger partial charge in [0.05, 0.1) is 0 Å². The van der Waals surface area contributed by atoms with Crippen LogP contribution >= 0.6 is 11.8 Å². The lowest BCUT2D eigenvalue weighted by molar-refractivity contribution is 0.316. The summed E-state index contributed by atoms with van der Waals surface area (Å²) in [5.74, 6) is 0. The minimum absolute atomic E-state index is 0.280. The maximum Gasteiger partial charge on any atom is 0.0458 e. The highest BCUT2D eigenvalue weighted by molar-refractivity contribution is 8.01. The fourth-order valence-corrected chi connectivity index (χ4v) is 3.98. The van der Waals surface area contributed by atoms with E-state index in [-0.39, 0.29) is 6.04 Å². The molecule has 1 unspecified atom stereocenters. The Labute approximate surface area is 82.7 Å². The molecule has 1 aliphatic carbocycles. The van der Waals surface area contributed by atoms with E-state index in [0.717, 1.165) is 0 Å². The molecule has 0 bridgehead atoms. The van der Waals surface area contributed by atoms with E-state index in [9.17, 15) is 0 Å². The number of thioether (sulfide) groups is 1. The quantitative estimate of drug-likeness (QED) is 0.682. The average Bonchev–Trinajstić information content (AvgIpc) is 2.40. The van der Waals surface area contributed by atoms with Crippen LogP contribution in [0.2, 0.25) is 0 Å². The lowest BCUT2D eigenvalue weighted by Gasteiger charge is -2.40. The number of hydrogen-bond acceptors (Lipinski definition) is 2. The third-order valence-corrected chi connectivity index (χ3v) is 4.99. The first-order chi connectivity index (χ1) is 6.32. The lowest BCUT2D eigenvalue weighted by Crippen LogP contribution is -2.40. The second-order valence-electron chi connectivity index (χ2n) is 4.04. The van der Waals surface area contributed by atoms with Crippen molar-refractivity contribution in [3.05, 3.63) is 29.8 Å². The zero-order chi connectivity index (χ0) is 8.89. The van der Waals surface area contributed by atoms with E-state index in [0.29, 0.717) is 4.75 Å². The van der Waals surface area contributed by atoms with Gasteiger partial charge in [-0.1, -0.05) is 24.6 Å². The summed E-state index contributed by atoms with van der Waals surface area (Å²) in [5.41, 5.74) is 7.63. The van der Waals surface area contributed by atoms with Crippen molar-refractivity contribution in [3.63, 3.8) is 0 Å². The van der Waals surface area contributed by atoms with Crippen LogP contribution in [-0.2, 0) is 0 Å². The summed E-state index contributed by atoms with van der Waals surface area (Å²) in [4.78, 5) is 1.41. The van der Waals surface area contributed by atoms with E-state index >= 15 is 0 Å². The van der Waals surface area contributed by atoms with Crippen LogP contribution in [0.5, 0.6) is 0 Å². The molecule has 1 spiro atoms. The lowest BCUT2D eigenvalue weighted by atomic mass is 9.77. The first-order valence-corrected chi connectivity index (χ1v) is 5.67. The van der Waals surface area contributed by atoms with Gasteiger partial charge in [0.1, 0.15) is 0 Å². The Morgan fingerprint density at radius 3 is 2.69 bits per heavy atom. The second kappa shape index (κ2) is 2.52. The zero-order valence-electron chi connectivity index (χ0n) is 7.49. The SMILES string of the molecule is NC1c2ccccc2SC12CCC2. The Kier molecular flexibility index (Phi) is 1.53. The van der Waals surface area contributed by atoms with Gasteiger partial charge in [0.25, 0.3) is 0 Å². The maximum atomic E-state index is 6.27. The highest BCUT2D eigenvalue weighted by Crippen LogP contribution is 2.60. The molecule has 1 nitrogen and oxygen atoms in total. The van der Waals surface area contributed by atoms with Crippen molar-refractivity contribution >= 4 is 11.8 Å². The molecule has 0 aromatic heterocycles. The molecule has 13 heavy (non-hydrogen) atoms. The summed E-state index contributed by atoms with van der Waals surface area (Å²) in [6.07, 6.45) is 3.95. The molecule has 3 rings (SSSR count). The summed E-state index contributed by atoms with van der Waals surface area (Å²) < 4.78 is 0.379. The Bertz CT molecular complexity index is 344. The van der Waals surface area contributed by atoms with E-state index in [1.165, 1.54) is 29.7 Å². The number of fused-ring (bicyclic) bond motifs is 1. The van der Waals surface area contributed by atoms with Crippen molar-refractivity contribution in [2.45, 2.75) is 34.9 Å². The van der Waals surface area contributed by atoms with E-state index in [1.54, 1.807) is 0 Å². The molecule has 68 valence electrons. The van der Waals surface area contributed by atoms with E-state index < -0.39 is 0 Å². The fraction of sp³-hybridized carbons (Fsp3) is 0.455. The third-order valence-electron chi connectivity index (χ3n) is 3.33. The molecule has 2 N–H and O–H groups in total. The van der Waals surface area contributed by atoms with Crippen LogP contribution in [0.15, 0.2) is 29.2 Å². The van der Waals surface area contributed by atoms with Crippen LogP contribution in [0.25, 0.3) is 0 Å². The highest BCUT2D eigenvalue weighted by atomic mass is 32.2. The van der Waals surface area contributed by atoms with Crippen molar-refractivity contribution in [3.8, 4) is 0 Å². The smallest absolute Gasteiger partial charge is 0.0458 e. The summed E-state index contributed by atoms with van der Waals surface area (Å²) in [5, 5.41) is 0. The molecule has 2 aliphatic rings. The van der Waals surface area contributed by atoms with E-state index in [4.69, 9.17) is 5.73 Å². The molecular weight excluding hydrogens is 178 g/mol. The van der Waals surface area contributed by atoms with Crippen LogP contribution < -0.4 is 5.73 Å². The molecule has 0 amide bonds. The number of hydrogen-bond donors (Lipinski definition) is 1. The van der Waals surface area contributed by atoms with Gasteiger partial charge in [0.15, 0.2) is 0 Å². The van der Waals surface area contributed by atoms with Crippen LogP contribution in [-0.4, -0.2) is 4.75 Å². The molecule has 1 heterocycles. The Balaban J connectivity index is 2.06. The normalized spacial score (nSPS) is 28.5. The first-order valence-electron chi connectivity index (χ1n) is 4.85. The molecular formula is C11H13NS. The summed E-state index contributed by atoms with van der Waals surface area (Å²) in [6, 6.07) is 8.86. The standard InChI is InChI=1S/C11H13NS/c12-10-8-4-1-2-5-9(8)13-11(10)6-3-7-11/h1-2,4-5,10H,3,6-7,12H2. The van der Waals surface area contributed by atoms with Gasteiger partial charge in [-0.05, 0) is 24.5 Å². The molecule has 2 heteroatoms. The molecule has 1 atom stereocenters. The summed E-state index contributed by atoms with van der Waals surface area (Å²) in [7, 11) is 0. The summed E-state index contributed by atoms with van der Waals surface area (Å²) >= 11 is 2.01. The Morgan fingerprint density at radius 1 is 1.31 bits per heavy atom. The average molecular weight is 191 g/mol. The summed E-state index contributed by atoms with van der Waals surface area (Å²) in [6.45, 7) is 0. The van der Waals surface area contributed by atoms with Crippen molar-refractivity contribution in [2.24, 2.45) is 5.73 Å². The van der Waals surface area contributed by atoms with E-state index in [2.05, 4.69) is 24.3 Å². The number of rotatable bonds is 0. The van der Waals surface area contributed by atoms with Gasteiger partial charge in [-0.2, -0.15) is 0 Å². The highest BCUT2D eigenvalue weighted by Gasteiger charge is 2.48. The van der Waals surface area contributed by atoms with Crippen LogP contribution in [0.4, 0.5) is 0 Å². The second-order valence-corrected chi connectivity index (χ2v) is 5.49. The Hall–Kier alpha value is -0.470. The van der Waals surface area contributed by atoms with Gasteiger partial charge < -0.3 is 5.73 Å². The zero-order valence-corrected chi connectivity index (χ0v) is 8.31. The minimum Gasteiger partial charge on any atom is -0.323 e. The van der Waals surface area contributed by atoms with Crippen LogP contribution in [0.3, 0.4) is 0 Å². The van der Waals surface area contributed by atoms with Crippen LogP contribution in [0, 0.1) is 0 Å². The fourth-order valence-electron chi connectivity index (χ4n) is 2.33. The van der Waals surface area contributed by atoms with Crippen molar-refractivity contribution in [1.29, 1.82) is 0 Å².